The maximum atomic E-state index is 11.6. The van der Waals surface area contributed by atoms with Gasteiger partial charge in [-0.3, -0.25) is 4.90 Å². The molecule has 0 aliphatic carbocycles. The Hall–Kier alpha value is -1.21. The van der Waals surface area contributed by atoms with Gasteiger partial charge in [-0.2, -0.15) is 0 Å². The quantitative estimate of drug-likeness (QED) is 0.261. The molecule has 1 aromatic carbocycles. The highest BCUT2D eigenvalue weighted by molar-refractivity contribution is 14.0. The molecule has 3 rings (SSSR count). The van der Waals surface area contributed by atoms with Gasteiger partial charge in [-0.1, -0.05) is 18.2 Å². The average molecular weight is 564 g/mol. The maximum Gasteiger partial charge on any atom is 0.238 e. The zero-order valence-corrected chi connectivity index (χ0v) is 21.0. The van der Waals surface area contributed by atoms with Gasteiger partial charge in [0.15, 0.2) is 5.96 Å². The highest BCUT2D eigenvalue weighted by Crippen LogP contribution is 2.27. The number of primary sulfonamides is 1. The van der Waals surface area contributed by atoms with Gasteiger partial charge in [-0.15, -0.1) is 35.3 Å². The molecule has 2 heterocycles. The average Bonchev–Trinajstić information content (AvgIpc) is 3.40. The fraction of sp³-hybridized carbons (Fsp3) is 0.450. The Kier molecular flexibility index (Phi) is 10.0. The molecule has 0 amide bonds. The molecule has 7 nitrogen and oxygen atoms in total. The number of aliphatic imine (C=N–C) groups is 1. The monoisotopic (exact) mass is 563 g/mol. The second kappa shape index (κ2) is 12.0. The first kappa shape index (κ1) is 25.1. The second-order valence-corrected chi connectivity index (χ2v) is 9.58. The third-order valence-corrected chi connectivity index (χ3v) is 6.79. The fourth-order valence-electron chi connectivity index (χ4n) is 3.47. The zero-order valence-electron chi connectivity index (χ0n) is 17.1. The van der Waals surface area contributed by atoms with E-state index in [9.17, 15) is 8.42 Å². The van der Waals surface area contributed by atoms with Crippen LogP contribution >= 0.6 is 35.3 Å². The normalized spacial score (nSPS) is 16.1. The summed E-state index contributed by atoms with van der Waals surface area (Å²) in [4.78, 5) is 8.62. The number of nitrogens with two attached hydrogens (primary N) is 1. The molecule has 0 radical (unpaired) electrons. The highest BCUT2D eigenvalue weighted by atomic mass is 127. The minimum absolute atomic E-state index is 0. The van der Waals surface area contributed by atoms with Gasteiger partial charge in [0.2, 0.25) is 10.0 Å². The van der Waals surface area contributed by atoms with E-state index in [0.29, 0.717) is 18.5 Å². The van der Waals surface area contributed by atoms with Crippen LogP contribution in [0.5, 0.6) is 0 Å². The van der Waals surface area contributed by atoms with E-state index in [-0.39, 0.29) is 28.9 Å². The van der Waals surface area contributed by atoms with E-state index >= 15 is 0 Å². The topological polar surface area (TPSA) is 99.8 Å². The molecule has 0 bridgehead atoms. The van der Waals surface area contributed by atoms with Crippen LogP contribution in [0.15, 0.2) is 51.7 Å². The van der Waals surface area contributed by atoms with Crippen molar-refractivity contribution >= 4 is 51.3 Å². The van der Waals surface area contributed by atoms with Gasteiger partial charge in [-0.05, 0) is 62.0 Å². The van der Waals surface area contributed by atoms with Crippen LogP contribution < -0.4 is 15.8 Å². The third-order valence-electron chi connectivity index (χ3n) is 4.91. The van der Waals surface area contributed by atoms with Gasteiger partial charge in [0.25, 0.3) is 0 Å². The standard InChI is InChI=1S/C20H29N5O2S2.HI/c1-2-22-20(23-14-16-7-5-8-17(13-16)29(21,26)27)24-15-18(19-9-6-12-28-19)25-10-3-4-11-25;/h5-9,12-13,18H,2-4,10-11,14-15H2,1H3,(H2,21,26,27)(H2,22,23,24);1H. The predicted molar refractivity (Wildman–Crippen MR) is 134 cm³/mol. The van der Waals surface area contributed by atoms with Crippen LogP contribution in [-0.2, 0) is 16.6 Å². The summed E-state index contributed by atoms with van der Waals surface area (Å²) in [6.45, 7) is 6.15. The molecule has 30 heavy (non-hydrogen) atoms. The van der Waals surface area contributed by atoms with Crippen LogP contribution in [0.25, 0.3) is 0 Å². The van der Waals surface area contributed by atoms with Crippen molar-refractivity contribution in [3.05, 3.63) is 52.2 Å². The Balaban J connectivity index is 0.00000320. The molecule has 0 spiro atoms. The molecule has 4 N–H and O–H groups in total. The minimum Gasteiger partial charge on any atom is -0.357 e. The van der Waals surface area contributed by atoms with Gasteiger partial charge in [-0.25, -0.2) is 18.5 Å². The van der Waals surface area contributed by atoms with Crippen LogP contribution in [0.2, 0.25) is 0 Å². The summed E-state index contributed by atoms with van der Waals surface area (Å²) in [5, 5.41) is 14.1. The van der Waals surface area contributed by atoms with Crippen molar-refractivity contribution in [2.24, 2.45) is 10.1 Å². The molecule has 10 heteroatoms. The van der Waals surface area contributed by atoms with E-state index in [2.05, 4.69) is 38.0 Å². The van der Waals surface area contributed by atoms with Crippen LogP contribution in [0.1, 0.15) is 36.2 Å². The Labute approximate surface area is 200 Å². The van der Waals surface area contributed by atoms with Crippen LogP contribution in [-0.4, -0.2) is 45.5 Å². The van der Waals surface area contributed by atoms with Gasteiger partial charge < -0.3 is 10.6 Å². The number of nitrogens with one attached hydrogen (secondary N) is 2. The molecule has 2 aromatic rings. The van der Waals surface area contributed by atoms with E-state index < -0.39 is 10.0 Å². The molecule has 1 aliphatic rings. The van der Waals surface area contributed by atoms with E-state index in [1.54, 1.807) is 23.5 Å². The lowest BCUT2D eigenvalue weighted by atomic mass is 10.2. The largest absolute Gasteiger partial charge is 0.357 e. The molecule has 166 valence electrons. The van der Waals surface area contributed by atoms with Crippen LogP contribution in [0.3, 0.4) is 0 Å². The van der Waals surface area contributed by atoms with Crippen molar-refractivity contribution in [1.82, 2.24) is 15.5 Å². The number of nitrogens with zero attached hydrogens (tertiary/aromatic N) is 2. The predicted octanol–water partition coefficient (Wildman–Crippen LogP) is 2.91. The number of hydrogen-bond acceptors (Lipinski definition) is 5. The number of halogens is 1. The van der Waals surface area contributed by atoms with Crippen molar-refractivity contribution in [2.45, 2.75) is 37.2 Å². The summed E-state index contributed by atoms with van der Waals surface area (Å²) in [7, 11) is -3.71. The number of rotatable bonds is 8. The first-order chi connectivity index (χ1) is 14.0. The molecule has 1 saturated heterocycles. The summed E-state index contributed by atoms with van der Waals surface area (Å²) >= 11 is 1.79. The smallest absolute Gasteiger partial charge is 0.238 e. The Morgan fingerprint density at radius 3 is 2.63 bits per heavy atom. The number of thiophene rings is 1. The number of sulfonamides is 1. The first-order valence-corrected chi connectivity index (χ1v) is 12.3. The fourth-order valence-corrected chi connectivity index (χ4v) is 4.91. The molecular weight excluding hydrogens is 533 g/mol. The van der Waals surface area contributed by atoms with E-state index in [1.165, 1.54) is 23.8 Å². The van der Waals surface area contributed by atoms with Gasteiger partial charge in [0.05, 0.1) is 17.5 Å². The summed E-state index contributed by atoms with van der Waals surface area (Å²) in [5.74, 6) is 0.717. The van der Waals surface area contributed by atoms with E-state index in [1.807, 2.05) is 13.0 Å². The first-order valence-electron chi connectivity index (χ1n) is 9.88. The number of likely N-dealkylation sites (tertiary alicyclic amines) is 1. The zero-order chi connectivity index (χ0) is 20.7. The van der Waals surface area contributed by atoms with Crippen molar-refractivity contribution < 1.29 is 8.42 Å². The lowest BCUT2D eigenvalue weighted by Crippen LogP contribution is -2.42. The Morgan fingerprint density at radius 2 is 2.00 bits per heavy atom. The maximum absolute atomic E-state index is 11.6. The molecule has 0 saturated carbocycles. The van der Waals surface area contributed by atoms with E-state index in [4.69, 9.17) is 5.14 Å². The summed E-state index contributed by atoms with van der Waals surface area (Å²) in [6.07, 6.45) is 2.49. The molecule has 1 atom stereocenters. The van der Waals surface area contributed by atoms with Crippen molar-refractivity contribution in [3.63, 3.8) is 0 Å². The molecule has 1 unspecified atom stereocenters. The van der Waals surface area contributed by atoms with Gasteiger partial charge >= 0.3 is 0 Å². The summed E-state index contributed by atoms with van der Waals surface area (Å²) < 4.78 is 23.1. The number of hydrogen-bond donors (Lipinski definition) is 3. The molecule has 1 fully saturated rings. The van der Waals surface area contributed by atoms with Gasteiger partial charge in [0.1, 0.15) is 0 Å². The molecule has 1 aliphatic heterocycles. The minimum atomic E-state index is -3.71. The van der Waals surface area contributed by atoms with E-state index in [0.717, 1.165) is 31.7 Å². The lowest BCUT2D eigenvalue weighted by molar-refractivity contribution is 0.249. The van der Waals surface area contributed by atoms with Crippen molar-refractivity contribution in [1.29, 1.82) is 0 Å². The van der Waals surface area contributed by atoms with Crippen molar-refractivity contribution in [2.75, 3.05) is 26.2 Å². The lowest BCUT2D eigenvalue weighted by Gasteiger charge is -2.27. The molecular formula is C20H30IN5O2S2. The van der Waals surface area contributed by atoms with Gasteiger partial charge in [0, 0.05) is 18.0 Å². The number of benzene rings is 1. The Morgan fingerprint density at radius 1 is 1.23 bits per heavy atom. The Bertz CT molecular complexity index is 913. The SMILES string of the molecule is CCNC(=NCc1cccc(S(N)(=O)=O)c1)NCC(c1cccs1)N1CCCC1.I. The second-order valence-electron chi connectivity index (χ2n) is 7.04. The summed E-state index contributed by atoms with van der Waals surface area (Å²) in [5.41, 5.74) is 0.795. The van der Waals surface area contributed by atoms with Crippen LogP contribution in [0.4, 0.5) is 0 Å². The third kappa shape index (κ3) is 7.19. The van der Waals surface area contributed by atoms with Crippen LogP contribution in [0, 0.1) is 0 Å². The van der Waals surface area contributed by atoms with Crippen molar-refractivity contribution in [3.8, 4) is 0 Å². The molecule has 1 aromatic heterocycles. The summed E-state index contributed by atoms with van der Waals surface area (Å²) in [6, 6.07) is 11.2. The number of guanidine groups is 1. The highest BCUT2D eigenvalue weighted by Gasteiger charge is 2.24.